The topological polar surface area (TPSA) is 127 Å². The summed E-state index contributed by atoms with van der Waals surface area (Å²) in [6.07, 6.45) is 3.90. The molecule has 0 aliphatic rings. The van der Waals surface area contributed by atoms with E-state index in [1.807, 2.05) is 13.8 Å². The lowest BCUT2D eigenvalue weighted by atomic mass is 10.2. The van der Waals surface area contributed by atoms with Crippen molar-refractivity contribution in [3.63, 3.8) is 0 Å². The van der Waals surface area contributed by atoms with Crippen LogP contribution in [-0.2, 0) is 10.0 Å². The summed E-state index contributed by atoms with van der Waals surface area (Å²) in [7, 11) is -2.80. The van der Waals surface area contributed by atoms with Gasteiger partial charge >= 0.3 is 11.4 Å². The summed E-state index contributed by atoms with van der Waals surface area (Å²) in [5, 5.41) is 23.7. The lowest BCUT2D eigenvalue weighted by Gasteiger charge is -2.22. The standard InChI is InChI=1S/C22H29BrN4O6S2/c1-4-6-7-8-14-25(34-18-11-9-17(23)10-12-18)35(32,33)19-15-20(26(28)29)22(24(3)13-5-2)21(16-19)27(30)31/h9-12,15-16H,4-8,13-14H2,1-3H3. The SMILES string of the molecule is CCCCCCN(Sc1ccc(Br)cc1)S(=O)(=O)c1cc([N+](=O)[O-])c(N(C)CCC)c([N+](=O)[O-])c1. The van der Waals surface area contributed by atoms with E-state index in [-0.39, 0.29) is 12.2 Å². The minimum atomic E-state index is -4.31. The predicted octanol–water partition coefficient (Wildman–Crippen LogP) is 6.39. The number of halogens is 1. The van der Waals surface area contributed by atoms with Crippen LogP contribution in [0.2, 0.25) is 0 Å². The van der Waals surface area contributed by atoms with E-state index >= 15 is 0 Å². The number of hydrogen-bond acceptors (Lipinski definition) is 8. The third kappa shape index (κ3) is 7.63. The van der Waals surface area contributed by atoms with Gasteiger partial charge in [0.05, 0.1) is 14.7 Å². The highest BCUT2D eigenvalue weighted by Gasteiger charge is 2.35. The molecule has 0 saturated carbocycles. The molecule has 0 heterocycles. The van der Waals surface area contributed by atoms with Gasteiger partial charge in [0, 0.05) is 41.6 Å². The first-order chi connectivity index (χ1) is 16.5. The summed E-state index contributed by atoms with van der Waals surface area (Å²) in [6.45, 7) is 4.36. The van der Waals surface area contributed by atoms with Gasteiger partial charge in [0.25, 0.3) is 10.0 Å². The van der Waals surface area contributed by atoms with Crippen molar-refractivity contribution in [2.24, 2.45) is 0 Å². The van der Waals surface area contributed by atoms with Crippen LogP contribution in [0.1, 0.15) is 46.0 Å². The van der Waals surface area contributed by atoms with E-state index < -0.39 is 36.1 Å². The second-order valence-corrected chi connectivity index (χ2v) is 12.0. The molecule has 0 saturated heterocycles. The molecule has 2 aromatic carbocycles. The molecule has 0 unspecified atom stereocenters. The van der Waals surface area contributed by atoms with Crippen LogP contribution in [0.5, 0.6) is 0 Å². The minimum absolute atomic E-state index is 0.155. The molecule has 13 heteroatoms. The van der Waals surface area contributed by atoms with Crippen molar-refractivity contribution in [2.45, 2.75) is 55.7 Å². The molecule has 10 nitrogen and oxygen atoms in total. The van der Waals surface area contributed by atoms with Crippen molar-refractivity contribution in [2.75, 3.05) is 25.0 Å². The van der Waals surface area contributed by atoms with Crippen LogP contribution in [0.3, 0.4) is 0 Å². The van der Waals surface area contributed by atoms with Crippen LogP contribution >= 0.6 is 27.9 Å². The Balaban J connectivity index is 2.60. The average molecular weight is 590 g/mol. The molecule has 0 aliphatic heterocycles. The van der Waals surface area contributed by atoms with Gasteiger partial charge in [-0.05, 0) is 49.1 Å². The van der Waals surface area contributed by atoms with Gasteiger partial charge in [0.2, 0.25) is 0 Å². The molecule has 0 radical (unpaired) electrons. The molecule has 0 atom stereocenters. The van der Waals surface area contributed by atoms with Crippen LogP contribution in [0.4, 0.5) is 17.1 Å². The van der Waals surface area contributed by atoms with E-state index in [2.05, 4.69) is 15.9 Å². The molecule has 192 valence electrons. The second-order valence-electron chi connectivity index (χ2n) is 7.88. The summed E-state index contributed by atoms with van der Waals surface area (Å²) in [5.74, 6) is 0. The first kappa shape index (κ1) is 29.0. The Bertz CT molecular complexity index is 1110. The molecule has 0 N–H and O–H groups in total. The van der Waals surface area contributed by atoms with Crippen LogP contribution < -0.4 is 4.90 Å². The van der Waals surface area contributed by atoms with Gasteiger partial charge in [-0.15, -0.1) is 3.71 Å². The maximum atomic E-state index is 13.7. The molecule has 0 aliphatic carbocycles. The fourth-order valence-electron chi connectivity index (χ4n) is 3.46. The molecule has 0 aromatic heterocycles. The van der Waals surface area contributed by atoms with E-state index in [0.717, 1.165) is 51.5 Å². The molecule has 0 spiro atoms. The number of unbranched alkanes of at least 4 members (excludes halogenated alkanes) is 3. The largest absolute Gasteiger partial charge is 0.363 e. The Kier molecular flexibility index (Phi) is 10.9. The van der Waals surface area contributed by atoms with Crippen molar-refractivity contribution in [1.82, 2.24) is 3.71 Å². The molecular weight excluding hydrogens is 560 g/mol. The highest BCUT2D eigenvalue weighted by molar-refractivity contribution is 9.10. The number of nitrogens with zero attached hydrogens (tertiary/aromatic N) is 4. The van der Waals surface area contributed by atoms with Crippen molar-refractivity contribution < 1.29 is 18.3 Å². The summed E-state index contributed by atoms with van der Waals surface area (Å²) < 4.78 is 29.3. The Hall–Kier alpha value is -2.22. The molecular formula is C22H29BrN4O6S2. The molecule has 2 rings (SSSR count). The van der Waals surface area contributed by atoms with Gasteiger partial charge in [0.1, 0.15) is 0 Å². The summed E-state index contributed by atoms with van der Waals surface area (Å²) in [4.78, 5) is 23.7. The monoisotopic (exact) mass is 588 g/mol. The normalized spacial score (nSPS) is 11.6. The quantitative estimate of drug-likeness (QED) is 0.107. The first-order valence-electron chi connectivity index (χ1n) is 11.2. The van der Waals surface area contributed by atoms with E-state index in [9.17, 15) is 28.6 Å². The first-order valence-corrected chi connectivity index (χ1v) is 14.2. The van der Waals surface area contributed by atoms with E-state index in [1.165, 1.54) is 11.9 Å². The van der Waals surface area contributed by atoms with Gasteiger partial charge in [-0.25, -0.2) is 8.42 Å². The van der Waals surface area contributed by atoms with Crippen molar-refractivity contribution in [1.29, 1.82) is 0 Å². The Morgan fingerprint density at radius 1 is 0.914 bits per heavy atom. The average Bonchev–Trinajstić information content (AvgIpc) is 2.81. The summed E-state index contributed by atoms with van der Waals surface area (Å²) >= 11 is 4.33. The number of sulfonamides is 1. The van der Waals surface area contributed by atoms with Gasteiger partial charge in [-0.2, -0.15) is 0 Å². The van der Waals surface area contributed by atoms with Crippen LogP contribution in [-0.4, -0.2) is 42.1 Å². The zero-order valence-electron chi connectivity index (χ0n) is 19.8. The fraction of sp³-hybridized carbons (Fsp3) is 0.455. The Labute approximate surface area is 218 Å². The number of benzene rings is 2. The van der Waals surface area contributed by atoms with E-state index in [1.54, 1.807) is 24.3 Å². The molecule has 35 heavy (non-hydrogen) atoms. The molecule has 0 fully saturated rings. The maximum Gasteiger partial charge on any atom is 0.301 e. The molecule has 2 aromatic rings. The van der Waals surface area contributed by atoms with Gasteiger partial charge in [0.15, 0.2) is 5.69 Å². The highest BCUT2D eigenvalue weighted by Crippen LogP contribution is 2.41. The van der Waals surface area contributed by atoms with Gasteiger partial charge < -0.3 is 4.90 Å². The number of nitro benzene ring substituents is 2. The summed E-state index contributed by atoms with van der Waals surface area (Å²) in [5.41, 5.74) is -1.45. The van der Waals surface area contributed by atoms with Crippen molar-refractivity contribution in [3.8, 4) is 0 Å². The number of hydrogen-bond donors (Lipinski definition) is 0. The van der Waals surface area contributed by atoms with Crippen LogP contribution in [0.15, 0.2) is 50.7 Å². The number of rotatable bonds is 14. The van der Waals surface area contributed by atoms with Crippen molar-refractivity contribution >= 4 is 55.0 Å². The number of nitro groups is 2. The van der Waals surface area contributed by atoms with Crippen LogP contribution in [0, 0.1) is 20.2 Å². The fourth-order valence-corrected chi connectivity index (χ4v) is 6.47. The van der Waals surface area contributed by atoms with E-state index in [4.69, 9.17) is 0 Å². The van der Waals surface area contributed by atoms with Gasteiger partial charge in [-0.3, -0.25) is 20.2 Å². The summed E-state index contributed by atoms with van der Waals surface area (Å²) in [6, 6.07) is 8.89. The lowest BCUT2D eigenvalue weighted by molar-refractivity contribution is -0.393. The second kappa shape index (κ2) is 13.2. The maximum absolute atomic E-state index is 13.7. The smallest absolute Gasteiger partial charge is 0.301 e. The predicted molar refractivity (Wildman–Crippen MR) is 141 cm³/mol. The zero-order valence-corrected chi connectivity index (χ0v) is 23.1. The Morgan fingerprint density at radius 3 is 1.97 bits per heavy atom. The highest BCUT2D eigenvalue weighted by atomic mass is 79.9. The third-order valence-electron chi connectivity index (χ3n) is 5.16. The third-order valence-corrected chi connectivity index (χ3v) is 8.92. The molecule has 0 bridgehead atoms. The minimum Gasteiger partial charge on any atom is -0.363 e. The number of anilines is 1. The molecule has 0 amide bonds. The zero-order chi connectivity index (χ0) is 26.2. The van der Waals surface area contributed by atoms with Crippen LogP contribution in [0.25, 0.3) is 0 Å². The van der Waals surface area contributed by atoms with Crippen molar-refractivity contribution in [3.05, 3.63) is 61.1 Å². The van der Waals surface area contributed by atoms with Gasteiger partial charge in [-0.1, -0.05) is 49.0 Å². The Morgan fingerprint density at radius 2 is 1.49 bits per heavy atom. The van der Waals surface area contributed by atoms with E-state index in [0.29, 0.717) is 24.3 Å². The lowest BCUT2D eigenvalue weighted by Crippen LogP contribution is -2.27.